The molecule has 1 aromatic rings. The van der Waals surface area contributed by atoms with E-state index in [1.807, 2.05) is 6.92 Å². The Balaban J connectivity index is 2.08. The summed E-state index contributed by atoms with van der Waals surface area (Å²) in [6.07, 6.45) is 0.244. The average Bonchev–Trinajstić information content (AvgIpc) is 2.69. The maximum Gasteiger partial charge on any atom is 0.259 e. The standard InChI is InChI=1S/C13H16N2O4/c1-2-15-7-8(6-11(15)18)14-13(19)12-9(16)4-3-5-10(12)17/h3-5,8,16-17H,2,6-7H2,1H3,(H,14,19). The van der Waals surface area contributed by atoms with Crippen LogP contribution in [0.4, 0.5) is 0 Å². The predicted molar refractivity (Wildman–Crippen MR) is 67.9 cm³/mol. The molecule has 6 nitrogen and oxygen atoms in total. The van der Waals surface area contributed by atoms with E-state index >= 15 is 0 Å². The van der Waals surface area contributed by atoms with Crippen LogP contribution in [0.15, 0.2) is 18.2 Å². The number of hydrogen-bond acceptors (Lipinski definition) is 4. The van der Waals surface area contributed by atoms with E-state index in [0.717, 1.165) is 0 Å². The molecule has 0 radical (unpaired) electrons. The first kappa shape index (κ1) is 13.2. The number of likely N-dealkylation sites (N-methyl/N-ethyl adjacent to an activating group) is 1. The summed E-state index contributed by atoms with van der Waals surface area (Å²) >= 11 is 0. The third-order valence-electron chi connectivity index (χ3n) is 3.18. The van der Waals surface area contributed by atoms with Crippen molar-refractivity contribution in [2.24, 2.45) is 0 Å². The zero-order valence-corrected chi connectivity index (χ0v) is 10.6. The van der Waals surface area contributed by atoms with Gasteiger partial charge in [0.1, 0.15) is 17.1 Å². The number of amides is 2. The Kier molecular flexibility index (Phi) is 3.59. The van der Waals surface area contributed by atoms with Crippen molar-refractivity contribution in [3.05, 3.63) is 23.8 Å². The topological polar surface area (TPSA) is 89.9 Å². The number of hydrogen-bond donors (Lipinski definition) is 3. The van der Waals surface area contributed by atoms with Gasteiger partial charge in [-0.15, -0.1) is 0 Å². The van der Waals surface area contributed by atoms with Crippen LogP contribution in [-0.4, -0.2) is 46.1 Å². The molecule has 1 aliphatic rings. The highest BCUT2D eigenvalue weighted by molar-refractivity contribution is 6.00. The van der Waals surface area contributed by atoms with E-state index in [1.165, 1.54) is 18.2 Å². The Hall–Kier alpha value is -2.24. The molecule has 0 bridgehead atoms. The number of nitrogens with zero attached hydrogens (tertiary/aromatic N) is 1. The Morgan fingerprint density at radius 1 is 1.42 bits per heavy atom. The molecule has 2 rings (SSSR count). The van der Waals surface area contributed by atoms with Crippen LogP contribution in [-0.2, 0) is 4.79 Å². The smallest absolute Gasteiger partial charge is 0.259 e. The van der Waals surface area contributed by atoms with E-state index in [0.29, 0.717) is 13.1 Å². The van der Waals surface area contributed by atoms with Crippen LogP contribution in [0.2, 0.25) is 0 Å². The van der Waals surface area contributed by atoms with Crippen LogP contribution in [0.5, 0.6) is 11.5 Å². The Morgan fingerprint density at radius 3 is 2.58 bits per heavy atom. The summed E-state index contributed by atoms with van der Waals surface area (Å²) in [6, 6.07) is 3.80. The molecule has 0 spiro atoms. The van der Waals surface area contributed by atoms with Gasteiger partial charge in [-0.05, 0) is 19.1 Å². The third-order valence-corrected chi connectivity index (χ3v) is 3.18. The second kappa shape index (κ2) is 5.17. The quantitative estimate of drug-likeness (QED) is 0.739. The van der Waals surface area contributed by atoms with Crippen LogP contribution >= 0.6 is 0 Å². The lowest BCUT2D eigenvalue weighted by molar-refractivity contribution is -0.127. The summed E-state index contributed by atoms with van der Waals surface area (Å²) in [7, 11) is 0. The minimum Gasteiger partial charge on any atom is -0.507 e. The summed E-state index contributed by atoms with van der Waals surface area (Å²) in [5.41, 5.74) is -0.162. The zero-order valence-electron chi connectivity index (χ0n) is 10.6. The van der Waals surface area contributed by atoms with Crippen molar-refractivity contribution in [2.75, 3.05) is 13.1 Å². The molecule has 102 valence electrons. The van der Waals surface area contributed by atoms with Crippen LogP contribution in [0.3, 0.4) is 0 Å². The van der Waals surface area contributed by atoms with Gasteiger partial charge in [-0.25, -0.2) is 0 Å². The molecule has 3 N–H and O–H groups in total. The van der Waals surface area contributed by atoms with Gasteiger partial charge in [-0.2, -0.15) is 0 Å². The number of carbonyl (C=O) groups is 2. The molecule has 0 aromatic heterocycles. The van der Waals surface area contributed by atoms with Gasteiger partial charge >= 0.3 is 0 Å². The highest BCUT2D eigenvalue weighted by Gasteiger charge is 2.30. The van der Waals surface area contributed by atoms with Crippen molar-refractivity contribution in [1.29, 1.82) is 0 Å². The number of likely N-dealkylation sites (tertiary alicyclic amines) is 1. The predicted octanol–water partition coefficient (Wildman–Crippen LogP) is 0.448. The van der Waals surface area contributed by atoms with E-state index in [-0.39, 0.29) is 35.4 Å². The molecule has 1 saturated heterocycles. The lowest BCUT2D eigenvalue weighted by atomic mass is 10.1. The maximum absolute atomic E-state index is 12.0. The molecule has 1 aromatic carbocycles. The van der Waals surface area contributed by atoms with Gasteiger partial charge in [-0.3, -0.25) is 9.59 Å². The van der Waals surface area contributed by atoms with Crippen molar-refractivity contribution in [1.82, 2.24) is 10.2 Å². The molecule has 1 fully saturated rings. The lowest BCUT2D eigenvalue weighted by Gasteiger charge is -2.15. The average molecular weight is 264 g/mol. The number of phenolic OH excluding ortho intramolecular Hbond substituents is 2. The van der Waals surface area contributed by atoms with Crippen molar-refractivity contribution in [2.45, 2.75) is 19.4 Å². The van der Waals surface area contributed by atoms with Gasteiger partial charge < -0.3 is 20.4 Å². The third kappa shape index (κ3) is 2.62. The number of carbonyl (C=O) groups excluding carboxylic acids is 2. The molecule has 1 unspecified atom stereocenters. The SMILES string of the molecule is CCN1CC(NC(=O)c2c(O)cccc2O)CC1=O. The van der Waals surface area contributed by atoms with Crippen molar-refractivity contribution >= 4 is 11.8 Å². The highest BCUT2D eigenvalue weighted by Crippen LogP contribution is 2.26. The summed E-state index contributed by atoms with van der Waals surface area (Å²) in [6.45, 7) is 2.93. The van der Waals surface area contributed by atoms with Gasteiger partial charge in [0.05, 0.1) is 6.04 Å². The van der Waals surface area contributed by atoms with Crippen LogP contribution in [0.1, 0.15) is 23.7 Å². The number of rotatable bonds is 3. The van der Waals surface area contributed by atoms with Crippen LogP contribution < -0.4 is 5.32 Å². The van der Waals surface area contributed by atoms with Gasteiger partial charge in [0.15, 0.2) is 0 Å². The minimum atomic E-state index is -0.577. The summed E-state index contributed by atoms with van der Waals surface area (Å²) in [4.78, 5) is 25.2. The Labute approximate surface area is 110 Å². The number of benzene rings is 1. The van der Waals surface area contributed by atoms with Gasteiger partial charge in [0.2, 0.25) is 5.91 Å². The summed E-state index contributed by atoms with van der Waals surface area (Å²) in [5.74, 6) is -1.15. The largest absolute Gasteiger partial charge is 0.507 e. The fourth-order valence-corrected chi connectivity index (χ4v) is 2.19. The van der Waals surface area contributed by atoms with Crippen LogP contribution in [0, 0.1) is 0 Å². The Morgan fingerprint density at radius 2 is 2.05 bits per heavy atom. The van der Waals surface area contributed by atoms with Crippen LogP contribution in [0.25, 0.3) is 0 Å². The molecular weight excluding hydrogens is 248 g/mol. The van der Waals surface area contributed by atoms with E-state index < -0.39 is 5.91 Å². The molecule has 1 heterocycles. The fraction of sp³-hybridized carbons (Fsp3) is 0.385. The second-order valence-electron chi connectivity index (χ2n) is 4.48. The number of phenols is 2. The fourth-order valence-electron chi connectivity index (χ4n) is 2.19. The molecule has 2 amide bonds. The van der Waals surface area contributed by atoms with E-state index in [2.05, 4.69) is 5.32 Å². The molecule has 1 aliphatic heterocycles. The maximum atomic E-state index is 12.0. The van der Waals surface area contributed by atoms with E-state index in [1.54, 1.807) is 4.90 Å². The van der Waals surface area contributed by atoms with Crippen molar-refractivity contribution in [3.8, 4) is 11.5 Å². The van der Waals surface area contributed by atoms with Gasteiger partial charge in [0.25, 0.3) is 5.91 Å². The van der Waals surface area contributed by atoms with Gasteiger partial charge in [-0.1, -0.05) is 6.07 Å². The highest BCUT2D eigenvalue weighted by atomic mass is 16.3. The van der Waals surface area contributed by atoms with E-state index in [4.69, 9.17) is 0 Å². The zero-order chi connectivity index (χ0) is 14.0. The molecule has 0 saturated carbocycles. The first-order valence-electron chi connectivity index (χ1n) is 6.12. The second-order valence-corrected chi connectivity index (χ2v) is 4.48. The summed E-state index contributed by atoms with van der Waals surface area (Å²) < 4.78 is 0. The summed E-state index contributed by atoms with van der Waals surface area (Å²) in [5, 5.41) is 21.8. The molecule has 1 atom stereocenters. The minimum absolute atomic E-state index is 0.00527. The molecule has 19 heavy (non-hydrogen) atoms. The van der Waals surface area contributed by atoms with Crippen molar-refractivity contribution in [3.63, 3.8) is 0 Å². The molecule has 0 aliphatic carbocycles. The molecule has 6 heteroatoms. The first-order valence-corrected chi connectivity index (χ1v) is 6.12. The van der Waals surface area contributed by atoms with Crippen molar-refractivity contribution < 1.29 is 19.8 Å². The van der Waals surface area contributed by atoms with E-state index in [9.17, 15) is 19.8 Å². The number of nitrogens with one attached hydrogen (secondary N) is 1. The lowest BCUT2D eigenvalue weighted by Crippen LogP contribution is -2.37. The number of aromatic hydroxyl groups is 2. The monoisotopic (exact) mass is 264 g/mol. The first-order chi connectivity index (χ1) is 9.02. The normalized spacial score (nSPS) is 18.7. The molecular formula is C13H16N2O4. The van der Waals surface area contributed by atoms with Gasteiger partial charge in [0, 0.05) is 19.5 Å². The Bertz CT molecular complexity index is 495.